The smallest absolute Gasteiger partial charge is 0.271 e. The van der Waals surface area contributed by atoms with Gasteiger partial charge in [0.2, 0.25) is 0 Å². The average Bonchev–Trinajstić information content (AvgIpc) is 2.86. The summed E-state index contributed by atoms with van der Waals surface area (Å²) in [6, 6.07) is 6.24. The third-order valence-electron chi connectivity index (χ3n) is 2.55. The van der Waals surface area contributed by atoms with Gasteiger partial charge in [-0.1, -0.05) is 0 Å². The summed E-state index contributed by atoms with van der Waals surface area (Å²) in [7, 11) is 0. The van der Waals surface area contributed by atoms with E-state index in [1.165, 1.54) is 18.4 Å². The first-order valence-electron chi connectivity index (χ1n) is 5.19. The third-order valence-corrected chi connectivity index (χ3v) is 2.55. The highest BCUT2D eigenvalue weighted by Gasteiger charge is 2.16. The molecular weight excluding hydrogens is 234 g/mol. The van der Waals surface area contributed by atoms with Crippen LogP contribution in [-0.4, -0.2) is 14.9 Å². The second-order valence-corrected chi connectivity index (χ2v) is 3.66. The summed E-state index contributed by atoms with van der Waals surface area (Å²) in [6.07, 6.45) is 4.65. The van der Waals surface area contributed by atoms with Crippen molar-refractivity contribution in [3.63, 3.8) is 0 Å². The fourth-order valence-electron chi connectivity index (χ4n) is 1.78. The number of hydrogen-bond donors (Lipinski definition) is 0. The van der Waals surface area contributed by atoms with Crippen molar-refractivity contribution in [2.24, 2.45) is 0 Å². The Kier molecular flexibility index (Phi) is 2.26. The van der Waals surface area contributed by atoms with E-state index in [2.05, 4.69) is 9.97 Å². The Morgan fingerprint density at radius 1 is 1.22 bits per heavy atom. The van der Waals surface area contributed by atoms with Crippen LogP contribution >= 0.6 is 0 Å². The maximum Gasteiger partial charge on any atom is 0.271 e. The molecule has 0 bridgehead atoms. The summed E-state index contributed by atoms with van der Waals surface area (Å²) in [5.41, 5.74) is 1.06. The molecule has 2 aromatic heterocycles. The Morgan fingerprint density at radius 3 is 2.72 bits per heavy atom. The van der Waals surface area contributed by atoms with E-state index in [1.54, 1.807) is 24.5 Å². The van der Waals surface area contributed by atoms with Crippen LogP contribution in [0.25, 0.3) is 22.4 Å². The van der Waals surface area contributed by atoms with E-state index in [0.29, 0.717) is 22.4 Å². The Balaban J connectivity index is 2.33. The van der Waals surface area contributed by atoms with Gasteiger partial charge < -0.3 is 4.42 Å². The minimum Gasteiger partial charge on any atom is -0.464 e. The van der Waals surface area contributed by atoms with Crippen LogP contribution in [0.1, 0.15) is 0 Å². The van der Waals surface area contributed by atoms with Gasteiger partial charge in [0, 0.05) is 29.9 Å². The number of nitrogens with zero attached hydrogens (tertiary/aromatic N) is 3. The van der Waals surface area contributed by atoms with Gasteiger partial charge in [-0.15, -0.1) is 0 Å². The van der Waals surface area contributed by atoms with Crippen molar-refractivity contribution in [1.29, 1.82) is 0 Å². The van der Waals surface area contributed by atoms with Crippen molar-refractivity contribution in [2.75, 3.05) is 0 Å². The van der Waals surface area contributed by atoms with Crippen molar-refractivity contribution in [2.45, 2.75) is 0 Å². The maximum absolute atomic E-state index is 10.9. The van der Waals surface area contributed by atoms with Gasteiger partial charge in [-0.25, -0.2) is 9.97 Å². The van der Waals surface area contributed by atoms with Gasteiger partial charge in [0.05, 0.1) is 16.7 Å². The molecule has 18 heavy (non-hydrogen) atoms. The largest absolute Gasteiger partial charge is 0.464 e. The number of rotatable bonds is 2. The Morgan fingerprint density at radius 2 is 2.00 bits per heavy atom. The molecule has 0 amide bonds. The summed E-state index contributed by atoms with van der Waals surface area (Å²) >= 11 is 0. The van der Waals surface area contributed by atoms with Crippen molar-refractivity contribution in [3.05, 3.63) is 53.0 Å². The molecule has 6 heteroatoms. The Bertz CT molecular complexity index is 722. The van der Waals surface area contributed by atoms with Crippen LogP contribution in [0.15, 0.2) is 47.3 Å². The lowest BCUT2D eigenvalue weighted by Crippen LogP contribution is -1.92. The molecule has 1 aromatic carbocycles. The highest BCUT2D eigenvalue weighted by Crippen LogP contribution is 2.31. The van der Waals surface area contributed by atoms with Gasteiger partial charge in [0.15, 0.2) is 5.82 Å². The van der Waals surface area contributed by atoms with E-state index in [1.807, 2.05) is 0 Å². The number of aromatic nitrogens is 2. The zero-order valence-corrected chi connectivity index (χ0v) is 9.11. The minimum atomic E-state index is -0.446. The Labute approximate surface area is 101 Å². The topological polar surface area (TPSA) is 82.1 Å². The quantitative estimate of drug-likeness (QED) is 0.509. The third kappa shape index (κ3) is 1.60. The molecule has 3 aromatic rings. The van der Waals surface area contributed by atoms with Crippen molar-refractivity contribution < 1.29 is 9.34 Å². The highest BCUT2D eigenvalue weighted by atomic mass is 16.6. The minimum absolute atomic E-state index is 0.00801. The maximum atomic E-state index is 10.9. The summed E-state index contributed by atoms with van der Waals surface area (Å²) in [5, 5.41) is 11.5. The highest BCUT2D eigenvalue weighted by molar-refractivity contribution is 5.92. The number of nitro benzene ring substituents is 1. The first-order chi connectivity index (χ1) is 8.75. The van der Waals surface area contributed by atoms with E-state index in [0.717, 1.165) is 0 Å². The lowest BCUT2D eigenvalue weighted by molar-refractivity contribution is -0.384. The van der Waals surface area contributed by atoms with Crippen LogP contribution in [0.2, 0.25) is 0 Å². The van der Waals surface area contributed by atoms with Crippen LogP contribution in [0.5, 0.6) is 0 Å². The number of benzene rings is 1. The zero-order chi connectivity index (χ0) is 12.5. The monoisotopic (exact) mass is 241 g/mol. The van der Waals surface area contributed by atoms with Gasteiger partial charge in [0.25, 0.3) is 5.69 Å². The van der Waals surface area contributed by atoms with Crippen molar-refractivity contribution in [3.8, 4) is 11.4 Å². The standard InChI is InChI=1S/C12H7N3O3/c16-15(17)9-6-8-2-5-18-11(8)10(7-9)12-13-3-1-4-14-12/h1-7H. The summed E-state index contributed by atoms with van der Waals surface area (Å²) < 4.78 is 5.34. The predicted molar refractivity (Wildman–Crippen MR) is 63.9 cm³/mol. The van der Waals surface area contributed by atoms with Crippen molar-refractivity contribution in [1.82, 2.24) is 9.97 Å². The number of fused-ring (bicyclic) bond motifs is 1. The first-order valence-corrected chi connectivity index (χ1v) is 5.19. The average molecular weight is 241 g/mol. The van der Waals surface area contributed by atoms with E-state index in [4.69, 9.17) is 4.42 Å². The lowest BCUT2D eigenvalue weighted by Gasteiger charge is -2.00. The van der Waals surface area contributed by atoms with E-state index < -0.39 is 4.92 Å². The fraction of sp³-hybridized carbons (Fsp3) is 0. The summed E-state index contributed by atoms with van der Waals surface area (Å²) in [5.74, 6) is 0.404. The molecule has 0 saturated heterocycles. The van der Waals surface area contributed by atoms with Gasteiger partial charge in [0.1, 0.15) is 5.58 Å². The molecule has 0 N–H and O–H groups in total. The SMILES string of the molecule is O=[N+]([O-])c1cc(-c2ncccn2)c2occc2c1. The van der Waals surface area contributed by atoms with Crippen molar-refractivity contribution >= 4 is 16.7 Å². The van der Waals surface area contributed by atoms with Gasteiger partial charge in [-0.05, 0) is 12.1 Å². The summed E-state index contributed by atoms with van der Waals surface area (Å²) in [6.45, 7) is 0. The molecule has 0 aliphatic rings. The molecule has 0 radical (unpaired) electrons. The molecule has 0 atom stereocenters. The molecule has 88 valence electrons. The molecule has 2 heterocycles. The molecule has 6 nitrogen and oxygen atoms in total. The predicted octanol–water partition coefficient (Wildman–Crippen LogP) is 2.80. The van der Waals surface area contributed by atoms with Gasteiger partial charge >= 0.3 is 0 Å². The molecule has 0 fully saturated rings. The zero-order valence-electron chi connectivity index (χ0n) is 9.11. The van der Waals surface area contributed by atoms with Crippen LogP contribution in [0.3, 0.4) is 0 Å². The normalized spacial score (nSPS) is 10.7. The second kappa shape index (κ2) is 3.92. The second-order valence-electron chi connectivity index (χ2n) is 3.66. The number of nitro groups is 1. The molecular formula is C12H7N3O3. The molecule has 3 rings (SSSR count). The van der Waals surface area contributed by atoms with E-state index in [-0.39, 0.29) is 5.69 Å². The fourth-order valence-corrected chi connectivity index (χ4v) is 1.78. The lowest BCUT2D eigenvalue weighted by atomic mass is 10.1. The molecule has 0 aliphatic heterocycles. The number of hydrogen-bond acceptors (Lipinski definition) is 5. The summed E-state index contributed by atoms with van der Waals surface area (Å²) in [4.78, 5) is 18.6. The number of furan rings is 1. The van der Waals surface area contributed by atoms with Gasteiger partial charge in [-0.2, -0.15) is 0 Å². The first kappa shape index (κ1) is 10.4. The van der Waals surface area contributed by atoms with Crippen LogP contribution in [0.4, 0.5) is 5.69 Å². The number of non-ortho nitro benzene ring substituents is 1. The molecule has 0 saturated carbocycles. The Hall–Kier alpha value is -2.76. The van der Waals surface area contributed by atoms with Crippen LogP contribution in [0, 0.1) is 10.1 Å². The van der Waals surface area contributed by atoms with Gasteiger partial charge in [-0.3, -0.25) is 10.1 Å². The van der Waals surface area contributed by atoms with E-state index in [9.17, 15) is 10.1 Å². The molecule has 0 spiro atoms. The van der Waals surface area contributed by atoms with E-state index >= 15 is 0 Å². The van der Waals surface area contributed by atoms with Crippen LogP contribution < -0.4 is 0 Å². The molecule has 0 aliphatic carbocycles. The van der Waals surface area contributed by atoms with Crippen LogP contribution in [-0.2, 0) is 0 Å². The molecule has 0 unspecified atom stereocenters.